The molecule has 0 aliphatic rings. The van der Waals surface area contributed by atoms with Crippen LogP contribution in [0.5, 0.6) is 0 Å². The quantitative estimate of drug-likeness (QED) is 0.595. The topological polar surface area (TPSA) is 29.1 Å². The van der Waals surface area contributed by atoms with E-state index >= 15 is 0 Å². The number of benzene rings is 1. The number of carbonyl (C=O) groups is 1. The molecule has 0 aliphatic carbocycles. The molecule has 0 saturated carbocycles. The first kappa shape index (κ1) is 14.2. The summed E-state index contributed by atoms with van der Waals surface area (Å²) >= 11 is 3.37. The second kappa shape index (κ2) is 8.29. The number of rotatable bonds is 7. The van der Waals surface area contributed by atoms with Crippen LogP contribution in [-0.2, 0) is 11.2 Å². The van der Waals surface area contributed by atoms with E-state index in [1.54, 1.807) is 0 Å². The third-order valence-corrected chi connectivity index (χ3v) is 3.16. The molecule has 1 amide bonds. The van der Waals surface area contributed by atoms with E-state index in [2.05, 4.69) is 34.2 Å². The van der Waals surface area contributed by atoms with Crippen LogP contribution in [0.3, 0.4) is 0 Å². The van der Waals surface area contributed by atoms with Crippen LogP contribution >= 0.6 is 15.9 Å². The minimum absolute atomic E-state index is 0.120. The fraction of sp³-hybridized carbons (Fsp3) is 0.500. The number of alkyl halides is 1. The van der Waals surface area contributed by atoms with E-state index in [0.29, 0.717) is 6.42 Å². The molecule has 17 heavy (non-hydrogen) atoms. The first-order valence-corrected chi connectivity index (χ1v) is 7.33. The fourth-order valence-electron chi connectivity index (χ4n) is 1.72. The summed E-state index contributed by atoms with van der Waals surface area (Å²) in [5, 5.41) is 3.96. The molecule has 0 atom stereocenters. The van der Waals surface area contributed by atoms with Crippen molar-refractivity contribution in [3.8, 4) is 0 Å². The number of para-hydroxylation sites is 1. The molecule has 0 aromatic heterocycles. The van der Waals surface area contributed by atoms with Gasteiger partial charge in [0.05, 0.1) is 0 Å². The van der Waals surface area contributed by atoms with Crippen LogP contribution < -0.4 is 5.32 Å². The highest BCUT2D eigenvalue weighted by molar-refractivity contribution is 9.09. The SMILES string of the molecule is CCCc1ccccc1NC(=O)CCCCBr. The number of carbonyl (C=O) groups excluding carboxylic acids is 1. The number of hydrogen-bond donors (Lipinski definition) is 1. The second-order valence-electron chi connectivity index (χ2n) is 4.10. The van der Waals surface area contributed by atoms with Crippen LogP contribution in [0, 0.1) is 0 Å². The third-order valence-electron chi connectivity index (χ3n) is 2.60. The van der Waals surface area contributed by atoms with Gasteiger partial charge in [0.2, 0.25) is 5.91 Å². The maximum absolute atomic E-state index is 11.7. The van der Waals surface area contributed by atoms with E-state index in [9.17, 15) is 4.79 Å². The van der Waals surface area contributed by atoms with Crippen LogP contribution in [0.15, 0.2) is 24.3 Å². The first-order chi connectivity index (χ1) is 8.27. The van der Waals surface area contributed by atoms with Gasteiger partial charge in [-0.15, -0.1) is 0 Å². The van der Waals surface area contributed by atoms with Gasteiger partial charge in [0.15, 0.2) is 0 Å². The van der Waals surface area contributed by atoms with Crippen molar-refractivity contribution < 1.29 is 4.79 Å². The number of aryl methyl sites for hydroxylation is 1. The highest BCUT2D eigenvalue weighted by atomic mass is 79.9. The Morgan fingerprint density at radius 1 is 1.29 bits per heavy atom. The van der Waals surface area contributed by atoms with Gasteiger partial charge in [-0.05, 0) is 30.9 Å². The second-order valence-corrected chi connectivity index (χ2v) is 4.89. The van der Waals surface area contributed by atoms with Crippen molar-refractivity contribution in [2.24, 2.45) is 0 Å². The van der Waals surface area contributed by atoms with Crippen molar-refractivity contribution in [1.29, 1.82) is 0 Å². The van der Waals surface area contributed by atoms with Crippen LogP contribution in [0.1, 0.15) is 38.2 Å². The van der Waals surface area contributed by atoms with Gasteiger partial charge in [-0.25, -0.2) is 0 Å². The van der Waals surface area contributed by atoms with Crippen molar-refractivity contribution in [3.05, 3.63) is 29.8 Å². The first-order valence-electron chi connectivity index (χ1n) is 6.21. The molecule has 0 saturated heterocycles. The molecule has 3 heteroatoms. The van der Waals surface area contributed by atoms with Gasteiger partial charge in [0.1, 0.15) is 0 Å². The van der Waals surface area contributed by atoms with Crippen LogP contribution in [-0.4, -0.2) is 11.2 Å². The largest absolute Gasteiger partial charge is 0.326 e. The van der Waals surface area contributed by atoms with Gasteiger partial charge in [0, 0.05) is 17.4 Å². The molecule has 0 heterocycles. The standard InChI is InChI=1S/C14H20BrNO/c1-2-7-12-8-3-4-9-13(12)16-14(17)10-5-6-11-15/h3-4,8-9H,2,5-7,10-11H2,1H3,(H,16,17). The van der Waals surface area contributed by atoms with Crippen LogP contribution in [0.25, 0.3) is 0 Å². The molecule has 0 bridgehead atoms. The predicted molar refractivity (Wildman–Crippen MR) is 76.7 cm³/mol. The molecule has 2 nitrogen and oxygen atoms in total. The summed E-state index contributed by atoms with van der Waals surface area (Å²) in [5.41, 5.74) is 2.20. The minimum Gasteiger partial charge on any atom is -0.326 e. The highest BCUT2D eigenvalue weighted by Gasteiger charge is 2.05. The molecule has 1 rings (SSSR count). The minimum atomic E-state index is 0.120. The lowest BCUT2D eigenvalue weighted by Gasteiger charge is -2.10. The summed E-state index contributed by atoms with van der Waals surface area (Å²) in [5.74, 6) is 0.120. The lowest BCUT2D eigenvalue weighted by atomic mass is 10.1. The predicted octanol–water partition coefficient (Wildman–Crippen LogP) is 4.14. The Hall–Kier alpha value is -0.830. The summed E-state index contributed by atoms with van der Waals surface area (Å²) in [4.78, 5) is 11.7. The summed E-state index contributed by atoms with van der Waals surface area (Å²) in [6.07, 6.45) is 4.69. The number of nitrogens with one attached hydrogen (secondary N) is 1. The number of unbranched alkanes of at least 4 members (excludes halogenated alkanes) is 1. The van der Waals surface area contributed by atoms with Crippen molar-refractivity contribution in [3.63, 3.8) is 0 Å². The molecule has 0 fully saturated rings. The van der Waals surface area contributed by atoms with Gasteiger partial charge >= 0.3 is 0 Å². The Morgan fingerprint density at radius 3 is 2.76 bits per heavy atom. The average molecular weight is 298 g/mol. The molecule has 0 radical (unpaired) electrons. The Bertz CT molecular complexity index is 352. The normalized spacial score (nSPS) is 10.2. The zero-order valence-electron chi connectivity index (χ0n) is 10.3. The maximum atomic E-state index is 11.7. The van der Waals surface area contributed by atoms with Crippen LogP contribution in [0.4, 0.5) is 5.69 Å². The Labute approximate surface area is 112 Å². The summed E-state index contributed by atoms with van der Waals surface area (Å²) in [6, 6.07) is 8.05. The number of anilines is 1. The third kappa shape index (κ3) is 5.35. The summed E-state index contributed by atoms with van der Waals surface area (Å²) < 4.78 is 0. The van der Waals surface area contributed by atoms with E-state index in [1.165, 1.54) is 5.56 Å². The van der Waals surface area contributed by atoms with Gasteiger partial charge in [0.25, 0.3) is 0 Å². The van der Waals surface area contributed by atoms with Crippen molar-refractivity contribution in [2.75, 3.05) is 10.6 Å². The lowest BCUT2D eigenvalue weighted by Crippen LogP contribution is -2.12. The zero-order chi connectivity index (χ0) is 12.5. The average Bonchev–Trinajstić information content (AvgIpc) is 2.32. The number of hydrogen-bond acceptors (Lipinski definition) is 1. The number of halogens is 1. The van der Waals surface area contributed by atoms with E-state index < -0.39 is 0 Å². The van der Waals surface area contributed by atoms with Gasteiger partial charge in [-0.1, -0.05) is 47.5 Å². The molecule has 94 valence electrons. The van der Waals surface area contributed by atoms with Gasteiger partial charge in [-0.3, -0.25) is 4.79 Å². The molecular formula is C14H20BrNO. The smallest absolute Gasteiger partial charge is 0.224 e. The Kier molecular flexibility index (Phi) is 6.94. The fourth-order valence-corrected chi connectivity index (χ4v) is 2.12. The Morgan fingerprint density at radius 2 is 2.06 bits per heavy atom. The monoisotopic (exact) mass is 297 g/mol. The molecule has 0 spiro atoms. The van der Waals surface area contributed by atoms with E-state index in [-0.39, 0.29) is 5.91 Å². The lowest BCUT2D eigenvalue weighted by molar-refractivity contribution is -0.116. The summed E-state index contributed by atoms with van der Waals surface area (Å²) in [7, 11) is 0. The molecule has 0 aliphatic heterocycles. The van der Waals surface area contributed by atoms with Gasteiger partial charge < -0.3 is 5.32 Å². The maximum Gasteiger partial charge on any atom is 0.224 e. The molecule has 0 unspecified atom stereocenters. The Balaban J connectivity index is 2.52. The van der Waals surface area contributed by atoms with Crippen molar-refractivity contribution >= 4 is 27.5 Å². The van der Waals surface area contributed by atoms with E-state index in [1.807, 2.05) is 18.2 Å². The summed E-state index contributed by atoms with van der Waals surface area (Å²) in [6.45, 7) is 2.15. The zero-order valence-corrected chi connectivity index (χ0v) is 11.9. The van der Waals surface area contributed by atoms with Crippen molar-refractivity contribution in [1.82, 2.24) is 0 Å². The molecule has 1 N–H and O–H groups in total. The van der Waals surface area contributed by atoms with Crippen molar-refractivity contribution in [2.45, 2.75) is 39.0 Å². The highest BCUT2D eigenvalue weighted by Crippen LogP contribution is 2.17. The van der Waals surface area contributed by atoms with E-state index in [0.717, 1.165) is 36.7 Å². The molecular weight excluding hydrogens is 278 g/mol. The molecule has 1 aromatic carbocycles. The van der Waals surface area contributed by atoms with E-state index in [4.69, 9.17) is 0 Å². The molecule has 1 aromatic rings. The van der Waals surface area contributed by atoms with Crippen LogP contribution in [0.2, 0.25) is 0 Å². The number of amides is 1. The van der Waals surface area contributed by atoms with Gasteiger partial charge in [-0.2, -0.15) is 0 Å².